The number of hydrogen-bond acceptors (Lipinski definition) is 5. The fourth-order valence-electron chi connectivity index (χ4n) is 3.60. The van der Waals surface area contributed by atoms with Crippen molar-refractivity contribution in [3.63, 3.8) is 0 Å². The Morgan fingerprint density at radius 3 is 2.72 bits per heavy atom. The number of carbonyl (C=O) groups is 2. The van der Waals surface area contributed by atoms with Crippen LogP contribution in [-0.2, 0) is 11.3 Å². The van der Waals surface area contributed by atoms with Crippen LogP contribution >= 0.6 is 11.3 Å². The second kappa shape index (κ2) is 9.20. The Morgan fingerprint density at radius 1 is 1.16 bits per heavy atom. The molecular formula is C25H22N2O4S. The highest BCUT2D eigenvalue weighted by Gasteiger charge is 2.18. The Bertz CT molecular complexity index is 1410. The first-order valence-electron chi connectivity index (χ1n) is 10.1. The minimum absolute atomic E-state index is 0.386. The Kier molecular flexibility index (Phi) is 6.18. The zero-order chi connectivity index (χ0) is 22.7. The molecule has 6 nitrogen and oxygen atoms in total. The van der Waals surface area contributed by atoms with E-state index in [9.17, 15) is 9.59 Å². The summed E-state index contributed by atoms with van der Waals surface area (Å²) in [6.45, 7) is 6.61. The molecule has 0 unspecified atom stereocenters. The molecule has 0 atom stereocenters. The molecule has 162 valence electrons. The fraction of sp³-hybridized carbons (Fsp3) is 0.160. The van der Waals surface area contributed by atoms with Crippen molar-refractivity contribution >= 4 is 44.2 Å². The first kappa shape index (κ1) is 21.5. The number of allylic oxidation sites excluding steroid dienone is 1. The van der Waals surface area contributed by atoms with Crippen LogP contribution in [0.2, 0.25) is 0 Å². The normalized spacial score (nSPS) is 11.6. The number of benzene rings is 3. The van der Waals surface area contributed by atoms with E-state index >= 15 is 0 Å². The van der Waals surface area contributed by atoms with Gasteiger partial charge in [0.05, 0.1) is 35.1 Å². The topological polar surface area (TPSA) is 69.9 Å². The molecule has 0 N–H and O–H groups in total. The van der Waals surface area contributed by atoms with Crippen molar-refractivity contribution in [1.82, 2.24) is 4.57 Å². The molecule has 4 rings (SSSR count). The first-order valence-corrected chi connectivity index (χ1v) is 10.9. The van der Waals surface area contributed by atoms with Crippen LogP contribution in [0.3, 0.4) is 0 Å². The lowest BCUT2D eigenvalue weighted by atomic mass is 10.0. The number of carbonyl (C=O) groups excluding carboxylic acids is 2. The van der Waals surface area contributed by atoms with Crippen molar-refractivity contribution < 1.29 is 19.1 Å². The highest BCUT2D eigenvalue weighted by molar-refractivity contribution is 7.16. The maximum absolute atomic E-state index is 13.4. The summed E-state index contributed by atoms with van der Waals surface area (Å²) < 4.78 is 13.3. The second-order valence-corrected chi connectivity index (χ2v) is 7.98. The predicted octanol–water partition coefficient (Wildman–Crippen LogP) is 4.97. The van der Waals surface area contributed by atoms with Crippen LogP contribution < -0.4 is 9.54 Å². The zero-order valence-corrected chi connectivity index (χ0v) is 18.6. The maximum Gasteiger partial charge on any atom is 0.337 e. The van der Waals surface area contributed by atoms with Gasteiger partial charge in [-0.1, -0.05) is 47.7 Å². The SMILES string of the molecule is C=CCn1c(=NC(=O)c2c(OCC)ccc3ccccc23)sc2cc(C(=O)OC)ccc21. The molecule has 0 saturated carbocycles. The summed E-state index contributed by atoms with van der Waals surface area (Å²) in [4.78, 5) is 30.3. The van der Waals surface area contributed by atoms with Crippen LogP contribution in [0, 0.1) is 0 Å². The third-order valence-electron chi connectivity index (χ3n) is 5.02. The summed E-state index contributed by atoms with van der Waals surface area (Å²) in [5, 5.41) is 1.73. The number of ether oxygens (including phenoxy) is 2. The van der Waals surface area contributed by atoms with Gasteiger partial charge in [-0.3, -0.25) is 4.79 Å². The average Bonchev–Trinajstić information content (AvgIpc) is 3.14. The molecule has 1 heterocycles. The molecular weight excluding hydrogens is 424 g/mol. The van der Waals surface area contributed by atoms with Crippen molar-refractivity contribution in [3.8, 4) is 5.75 Å². The van der Waals surface area contributed by atoms with Crippen molar-refractivity contribution in [2.75, 3.05) is 13.7 Å². The Morgan fingerprint density at radius 2 is 1.97 bits per heavy atom. The number of nitrogens with zero attached hydrogens (tertiary/aromatic N) is 2. The minimum atomic E-state index is -0.415. The number of thiazole rings is 1. The van der Waals surface area contributed by atoms with Gasteiger partial charge < -0.3 is 14.0 Å². The second-order valence-electron chi connectivity index (χ2n) is 6.97. The predicted molar refractivity (Wildman–Crippen MR) is 126 cm³/mol. The third-order valence-corrected chi connectivity index (χ3v) is 6.06. The number of aromatic nitrogens is 1. The highest BCUT2D eigenvalue weighted by atomic mass is 32.1. The zero-order valence-electron chi connectivity index (χ0n) is 17.8. The fourth-order valence-corrected chi connectivity index (χ4v) is 4.68. The molecule has 32 heavy (non-hydrogen) atoms. The van der Waals surface area contributed by atoms with Gasteiger partial charge in [-0.2, -0.15) is 4.99 Å². The van der Waals surface area contributed by atoms with Crippen LogP contribution in [0.1, 0.15) is 27.6 Å². The number of esters is 1. The Balaban J connectivity index is 1.92. The Labute approximate surface area is 189 Å². The Hall–Kier alpha value is -3.71. The number of rotatable bonds is 6. The van der Waals surface area contributed by atoms with E-state index in [0.29, 0.717) is 34.8 Å². The van der Waals surface area contributed by atoms with Gasteiger partial charge in [-0.15, -0.1) is 6.58 Å². The number of fused-ring (bicyclic) bond motifs is 2. The molecule has 3 aromatic carbocycles. The molecule has 7 heteroatoms. The lowest BCUT2D eigenvalue weighted by Gasteiger charge is -2.10. The van der Waals surface area contributed by atoms with Crippen molar-refractivity contribution in [1.29, 1.82) is 0 Å². The lowest BCUT2D eigenvalue weighted by molar-refractivity contribution is 0.0600. The third kappa shape index (κ3) is 3.94. The first-order chi connectivity index (χ1) is 15.6. The summed E-state index contributed by atoms with van der Waals surface area (Å²) in [5.74, 6) is -0.297. The van der Waals surface area contributed by atoms with Crippen LogP contribution in [-0.4, -0.2) is 30.2 Å². The molecule has 0 bridgehead atoms. The van der Waals surface area contributed by atoms with Gasteiger partial charge in [0.15, 0.2) is 4.80 Å². The van der Waals surface area contributed by atoms with Crippen LogP contribution in [0.15, 0.2) is 72.2 Å². The maximum atomic E-state index is 13.4. The van der Waals surface area contributed by atoms with Crippen molar-refractivity contribution in [2.45, 2.75) is 13.5 Å². The molecule has 0 fully saturated rings. The van der Waals surface area contributed by atoms with Crippen molar-refractivity contribution in [3.05, 3.63) is 83.2 Å². The molecule has 1 amide bonds. The van der Waals surface area contributed by atoms with Gasteiger partial charge in [-0.05, 0) is 42.0 Å². The van der Waals surface area contributed by atoms with E-state index in [-0.39, 0.29) is 5.91 Å². The summed E-state index contributed by atoms with van der Waals surface area (Å²) in [5.41, 5.74) is 1.73. The number of hydrogen-bond donors (Lipinski definition) is 0. The average molecular weight is 447 g/mol. The standard InChI is InChI=1S/C25H22N2O4S/c1-4-14-27-19-12-10-17(24(29)30-3)15-21(19)32-25(27)26-23(28)22-18-9-7-6-8-16(18)11-13-20(22)31-5-2/h4,6-13,15H,1,5,14H2,2-3H3. The molecule has 0 saturated heterocycles. The van der Waals surface area contributed by atoms with E-state index in [1.54, 1.807) is 24.3 Å². The molecule has 0 spiro atoms. The number of methoxy groups -OCH3 is 1. The van der Waals surface area contributed by atoms with Crippen LogP contribution in [0.5, 0.6) is 5.75 Å². The van der Waals surface area contributed by atoms with Crippen LogP contribution in [0.25, 0.3) is 21.0 Å². The smallest absolute Gasteiger partial charge is 0.337 e. The van der Waals surface area contributed by atoms with E-state index in [4.69, 9.17) is 9.47 Å². The van der Waals surface area contributed by atoms with E-state index in [2.05, 4.69) is 11.6 Å². The highest BCUT2D eigenvalue weighted by Crippen LogP contribution is 2.29. The van der Waals surface area contributed by atoms with Gasteiger partial charge in [0, 0.05) is 6.54 Å². The monoisotopic (exact) mass is 446 g/mol. The molecule has 0 radical (unpaired) electrons. The van der Waals surface area contributed by atoms with Gasteiger partial charge >= 0.3 is 5.97 Å². The lowest BCUT2D eigenvalue weighted by Crippen LogP contribution is -2.16. The van der Waals surface area contributed by atoms with Gasteiger partial charge in [0.1, 0.15) is 5.75 Å². The van der Waals surface area contributed by atoms with E-state index in [0.717, 1.165) is 21.0 Å². The van der Waals surface area contributed by atoms with Gasteiger partial charge in [0.25, 0.3) is 5.91 Å². The quantitative estimate of drug-likeness (QED) is 0.310. The van der Waals surface area contributed by atoms with Gasteiger partial charge in [0.2, 0.25) is 0 Å². The summed E-state index contributed by atoms with van der Waals surface area (Å²) in [7, 11) is 1.35. The van der Waals surface area contributed by atoms with Crippen molar-refractivity contribution in [2.24, 2.45) is 4.99 Å². The van der Waals surface area contributed by atoms with Gasteiger partial charge in [-0.25, -0.2) is 4.79 Å². The van der Waals surface area contributed by atoms with E-state index in [1.165, 1.54) is 18.4 Å². The minimum Gasteiger partial charge on any atom is -0.493 e. The summed E-state index contributed by atoms with van der Waals surface area (Å²) in [6, 6.07) is 16.7. The molecule has 0 aliphatic carbocycles. The number of amides is 1. The largest absolute Gasteiger partial charge is 0.493 e. The molecule has 0 aliphatic heterocycles. The molecule has 0 aliphatic rings. The molecule has 4 aromatic rings. The van der Waals surface area contributed by atoms with E-state index < -0.39 is 5.97 Å². The summed E-state index contributed by atoms with van der Waals surface area (Å²) in [6.07, 6.45) is 1.74. The van der Waals surface area contributed by atoms with E-state index in [1.807, 2.05) is 47.9 Å². The summed E-state index contributed by atoms with van der Waals surface area (Å²) >= 11 is 1.33. The molecule has 1 aromatic heterocycles. The van der Waals surface area contributed by atoms with Crippen LogP contribution in [0.4, 0.5) is 0 Å².